The smallest absolute Gasteiger partial charge is 0.0635 e. The molecular formula is C13H25N3. The molecule has 0 saturated heterocycles. The molecule has 0 unspecified atom stereocenters. The van der Waals surface area contributed by atoms with E-state index in [9.17, 15) is 0 Å². The van der Waals surface area contributed by atoms with Crippen molar-refractivity contribution in [3.05, 3.63) is 12.2 Å². The van der Waals surface area contributed by atoms with Crippen molar-refractivity contribution in [3.63, 3.8) is 0 Å². The Morgan fingerprint density at radius 1 is 1.50 bits per heavy atom. The van der Waals surface area contributed by atoms with E-state index in [1.807, 2.05) is 0 Å². The predicted molar refractivity (Wildman–Crippen MR) is 69.2 cm³/mol. The van der Waals surface area contributed by atoms with Gasteiger partial charge in [-0.05, 0) is 18.0 Å². The third-order valence-corrected chi connectivity index (χ3v) is 2.24. The maximum absolute atomic E-state index is 8.61. The van der Waals surface area contributed by atoms with Gasteiger partial charge in [-0.15, -0.1) is 0 Å². The van der Waals surface area contributed by atoms with Crippen molar-refractivity contribution in [3.8, 4) is 6.07 Å². The second kappa shape index (κ2) is 9.38. The number of hydrogen-bond donors (Lipinski definition) is 1. The molecule has 0 aromatic carbocycles. The van der Waals surface area contributed by atoms with E-state index in [-0.39, 0.29) is 0 Å². The lowest BCUT2D eigenvalue weighted by Crippen LogP contribution is -2.32. The van der Waals surface area contributed by atoms with Crippen LogP contribution in [-0.2, 0) is 0 Å². The van der Waals surface area contributed by atoms with Crippen molar-refractivity contribution in [2.24, 2.45) is 5.92 Å². The summed E-state index contributed by atoms with van der Waals surface area (Å²) in [6, 6.07) is 2.20. The van der Waals surface area contributed by atoms with Gasteiger partial charge in [0, 0.05) is 32.6 Å². The first-order valence-electron chi connectivity index (χ1n) is 6.06. The van der Waals surface area contributed by atoms with Gasteiger partial charge in [-0.1, -0.05) is 27.4 Å². The van der Waals surface area contributed by atoms with Crippen molar-refractivity contribution in [2.75, 3.05) is 32.7 Å². The second-order valence-electron chi connectivity index (χ2n) is 4.57. The summed E-state index contributed by atoms with van der Waals surface area (Å²) in [5, 5.41) is 11.9. The molecule has 0 bridgehead atoms. The van der Waals surface area contributed by atoms with Crippen LogP contribution < -0.4 is 5.32 Å². The molecule has 0 spiro atoms. The number of nitrogens with one attached hydrogen (secondary N) is 1. The Hall–Kier alpha value is -0.850. The third kappa shape index (κ3) is 8.46. The Morgan fingerprint density at radius 3 is 2.69 bits per heavy atom. The van der Waals surface area contributed by atoms with Crippen LogP contribution in [0.3, 0.4) is 0 Å². The molecular weight excluding hydrogens is 198 g/mol. The van der Waals surface area contributed by atoms with Crippen LogP contribution in [0.5, 0.6) is 0 Å². The summed E-state index contributed by atoms with van der Waals surface area (Å²) < 4.78 is 0. The molecule has 0 saturated carbocycles. The standard InChI is InChI=1S/C13H25N3/c1-5-15-9-13(4)11-16(8-6-7-14)10-12(2)3/h12,15H,4-6,8-11H2,1-3H3. The van der Waals surface area contributed by atoms with E-state index in [0.717, 1.165) is 32.7 Å². The van der Waals surface area contributed by atoms with Gasteiger partial charge in [-0.25, -0.2) is 0 Å². The van der Waals surface area contributed by atoms with Gasteiger partial charge in [-0.3, -0.25) is 4.90 Å². The minimum Gasteiger partial charge on any atom is -0.313 e. The predicted octanol–water partition coefficient (Wildman–Crippen LogP) is 2.02. The van der Waals surface area contributed by atoms with Crippen molar-refractivity contribution in [2.45, 2.75) is 27.2 Å². The highest BCUT2D eigenvalue weighted by atomic mass is 15.1. The van der Waals surface area contributed by atoms with Gasteiger partial charge >= 0.3 is 0 Å². The lowest BCUT2D eigenvalue weighted by Gasteiger charge is -2.24. The molecule has 0 aliphatic rings. The van der Waals surface area contributed by atoms with Crippen LogP contribution in [0, 0.1) is 17.2 Å². The highest BCUT2D eigenvalue weighted by Crippen LogP contribution is 2.03. The third-order valence-electron chi connectivity index (χ3n) is 2.24. The molecule has 3 heteroatoms. The fourth-order valence-electron chi connectivity index (χ4n) is 1.63. The summed E-state index contributed by atoms with van der Waals surface area (Å²) in [7, 11) is 0. The molecule has 0 aliphatic heterocycles. The highest BCUT2D eigenvalue weighted by Gasteiger charge is 2.08. The molecule has 3 nitrogen and oxygen atoms in total. The molecule has 0 atom stereocenters. The summed E-state index contributed by atoms with van der Waals surface area (Å²) >= 11 is 0. The SMILES string of the molecule is C=C(CNCC)CN(CCC#N)CC(C)C. The van der Waals surface area contributed by atoms with E-state index in [0.29, 0.717) is 12.3 Å². The van der Waals surface area contributed by atoms with Crippen LogP contribution in [0.15, 0.2) is 12.2 Å². The van der Waals surface area contributed by atoms with Gasteiger partial charge in [0.05, 0.1) is 6.07 Å². The topological polar surface area (TPSA) is 39.1 Å². The molecule has 16 heavy (non-hydrogen) atoms. The maximum atomic E-state index is 8.61. The monoisotopic (exact) mass is 223 g/mol. The van der Waals surface area contributed by atoms with E-state index in [1.165, 1.54) is 5.57 Å². The second-order valence-corrected chi connectivity index (χ2v) is 4.57. The quantitative estimate of drug-likeness (QED) is 0.608. The zero-order valence-electron chi connectivity index (χ0n) is 10.9. The first-order chi connectivity index (χ1) is 7.60. The van der Waals surface area contributed by atoms with Crippen molar-refractivity contribution in [1.29, 1.82) is 5.26 Å². The van der Waals surface area contributed by atoms with Gasteiger partial charge in [0.1, 0.15) is 0 Å². The molecule has 0 amide bonds. The first-order valence-corrected chi connectivity index (χ1v) is 6.06. The first kappa shape index (κ1) is 15.2. The summed E-state index contributed by atoms with van der Waals surface area (Å²) in [6.07, 6.45) is 0.598. The van der Waals surface area contributed by atoms with Crippen LogP contribution in [0.4, 0.5) is 0 Å². The minimum atomic E-state index is 0.598. The molecule has 0 heterocycles. The van der Waals surface area contributed by atoms with Crippen LogP contribution in [0.2, 0.25) is 0 Å². The van der Waals surface area contributed by atoms with E-state index in [4.69, 9.17) is 5.26 Å². The van der Waals surface area contributed by atoms with Crippen LogP contribution >= 0.6 is 0 Å². The number of likely N-dealkylation sites (N-methyl/N-ethyl adjacent to an activating group) is 1. The lowest BCUT2D eigenvalue weighted by atomic mass is 10.2. The molecule has 1 N–H and O–H groups in total. The van der Waals surface area contributed by atoms with E-state index < -0.39 is 0 Å². The van der Waals surface area contributed by atoms with Gasteiger partial charge < -0.3 is 5.32 Å². The largest absolute Gasteiger partial charge is 0.313 e. The normalized spacial score (nSPS) is 10.8. The average Bonchev–Trinajstić information content (AvgIpc) is 2.22. The summed E-state index contributed by atoms with van der Waals surface area (Å²) in [6.45, 7) is 15.2. The Morgan fingerprint density at radius 2 is 2.19 bits per heavy atom. The molecule has 92 valence electrons. The van der Waals surface area contributed by atoms with Gasteiger partial charge in [0.2, 0.25) is 0 Å². The van der Waals surface area contributed by atoms with Crippen LogP contribution in [-0.4, -0.2) is 37.6 Å². The molecule has 0 rings (SSSR count). The number of nitrogens with zero attached hydrogens (tertiary/aromatic N) is 2. The minimum absolute atomic E-state index is 0.598. The molecule has 0 aromatic heterocycles. The van der Waals surface area contributed by atoms with Gasteiger partial charge in [0.25, 0.3) is 0 Å². The summed E-state index contributed by atoms with van der Waals surface area (Å²) in [5.41, 5.74) is 1.19. The molecule has 0 aliphatic carbocycles. The van der Waals surface area contributed by atoms with Crippen molar-refractivity contribution >= 4 is 0 Å². The van der Waals surface area contributed by atoms with Gasteiger partial charge in [-0.2, -0.15) is 5.26 Å². The zero-order valence-corrected chi connectivity index (χ0v) is 10.9. The highest BCUT2D eigenvalue weighted by molar-refractivity contribution is 5.00. The van der Waals surface area contributed by atoms with Crippen molar-refractivity contribution < 1.29 is 0 Å². The van der Waals surface area contributed by atoms with Gasteiger partial charge in [0.15, 0.2) is 0 Å². The lowest BCUT2D eigenvalue weighted by molar-refractivity contribution is 0.267. The van der Waals surface area contributed by atoms with E-state index >= 15 is 0 Å². The summed E-state index contributed by atoms with van der Waals surface area (Å²) in [5.74, 6) is 0.630. The van der Waals surface area contributed by atoms with Crippen LogP contribution in [0.1, 0.15) is 27.2 Å². The van der Waals surface area contributed by atoms with Crippen LogP contribution in [0.25, 0.3) is 0 Å². The average molecular weight is 223 g/mol. The number of hydrogen-bond acceptors (Lipinski definition) is 3. The molecule has 0 radical (unpaired) electrons. The van der Waals surface area contributed by atoms with E-state index in [1.54, 1.807) is 0 Å². The number of nitriles is 1. The fraction of sp³-hybridized carbons (Fsp3) is 0.769. The molecule has 0 fully saturated rings. The maximum Gasteiger partial charge on any atom is 0.0635 e. The summed E-state index contributed by atoms with van der Waals surface area (Å²) in [4.78, 5) is 2.31. The molecule has 0 aromatic rings. The Labute approximate surface area is 100 Å². The van der Waals surface area contributed by atoms with Crippen molar-refractivity contribution in [1.82, 2.24) is 10.2 Å². The Balaban J connectivity index is 3.98. The zero-order chi connectivity index (χ0) is 12.4. The Kier molecular flexibility index (Phi) is 8.88. The number of rotatable bonds is 9. The fourth-order valence-corrected chi connectivity index (χ4v) is 1.63. The van der Waals surface area contributed by atoms with E-state index in [2.05, 4.69) is 43.6 Å². The Bertz CT molecular complexity index is 228.